The molecule has 2 nitrogen and oxygen atoms in total. The molecule has 0 aromatic carbocycles. The van der Waals surface area contributed by atoms with E-state index in [1.54, 1.807) is 0 Å². The van der Waals surface area contributed by atoms with E-state index in [-0.39, 0.29) is 0 Å². The molecule has 0 radical (unpaired) electrons. The van der Waals surface area contributed by atoms with E-state index in [0.29, 0.717) is 0 Å². The van der Waals surface area contributed by atoms with Gasteiger partial charge in [0.15, 0.2) is 0 Å². The van der Waals surface area contributed by atoms with Gasteiger partial charge in [-0.1, -0.05) is 27.7 Å². The Kier molecular flexibility index (Phi) is 5.62. The van der Waals surface area contributed by atoms with Gasteiger partial charge in [-0.05, 0) is 38.3 Å². The van der Waals surface area contributed by atoms with Crippen molar-refractivity contribution < 1.29 is 0 Å². The van der Waals surface area contributed by atoms with E-state index in [2.05, 4.69) is 37.9 Å². The molecule has 0 aromatic rings. The third-order valence-electron chi connectivity index (χ3n) is 3.42. The Bertz CT molecular complexity index is 168. The van der Waals surface area contributed by atoms with Crippen molar-refractivity contribution in [2.75, 3.05) is 19.6 Å². The van der Waals surface area contributed by atoms with Crippen molar-refractivity contribution >= 4 is 0 Å². The first-order chi connectivity index (χ1) is 7.17. The summed E-state index contributed by atoms with van der Waals surface area (Å²) < 4.78 is 0. The van der Waals surface area contributed by atoms with Gasteiger partial charge in [-0.3, -0.25) is 0 Å². The molecular formula is C13H28N2. The van der Waals surface area contributed by atoms with Crippen LogP contribution in [0.15, 0.2) is 0 Å². The lowest BCUT2D eigenvalue weighted by atomic mass is 10.1. The number of hydrogen-bond donors (Lipinski definition) is 1. The fraction of sp³-hybridized carbons (Fsp3) is 1.00. The van der Waals surface area contributed by atoms with Gasteiger partial charge in [0.25, 0.3) is 0 Å². The molecule has 15 heavy (non-hydrogen) atoms. The quantitative estimate of drug-likeness (QED) is 0.728. The molecule has 0 spiro atoms. The second kappa shape index (κ2) is 6.49. The Balaban J connectivity index is 2.35. The Hall–Kier alpha value is -0.0800. The van der Waals surface area contributed by atoms with Crippen molar-refractivity contribution in [1.29, 1.82) is 0 Å². The maximum atomic E-state index is 3.58. The molecule has 1 saturated carbocycles. The first-order valence-electron chi connectivity index (χ1n) is 6.64. The van der Waals surface area contributed by atoms with Crippen LogP contribution in [0.1, 0.15) is 47.0 Å². The minimum Gasteiger partial charge on any atom is -0.314 e. The highest BCUT2D eigenvalue weighted by Gasteiger charge is 2.27. The minimum absolute atomic E-state index is 0.779. The van der Waals surface area contributed by atoms with Crippen LogP contribution in [0.4, 0.5) is 0 Å². The normalized spacial score (nSPS) is 26.8. The highest BCUT2D eigenvalue weighted by Crippen LogP contribution is 2.24. The zero-order chi connectivity index (χ0) is 11.3. The zero-order valence-corrected chi connectivity index (χ0v) is 10.9. The Morgan fingerprint density at radius 2 is 2.00 bits per heavy atom. The fourth-order valence-electron chi connectivity index (χ4n) is 2.77. The molecule has 2 unspecified atom stereocenters. The van der Waals surface area contributed by atoms with Crippen molar-refractivity contribution in [3.05, 3.63) is 0 Å². The molecule has 0 bridgehead atoms. The molecule has 0 aromatic heterocycles. The van der Waals surface area contributed by atoms with E-state index >= 15 is 0 Å². The number of nitrogens with zero attached hydrogens (tertiary/aromatic N) is 1. The lowest BCUT2D eigenvalue weighted by Crippen LogP contribution is -2.37. The average molecular weight is 212 g/mol. The lowest BCUT2D eigenvalue weighted by Gasteiger charge is -2.29. The predicted octanol–water partition coefficient (Wildman–Crippen LogP) is 2.49. The van der Waals surface area contributed by atoms with Crippen molar-refractivity contribution in [3.63, 3.8) is 0 Å². The van der Waals surface area contributed by atoms with Gasteiger partial charge in [-0.25, -0.2) is 0 Å². The summed E-state index contributed by atoms with van der Waals surface area (Å²) in [5.41, 5.74) is 0. The summed E-state index contributed by atoms with van der Waals surface area (Å²) in [4.78, 5) is 2.67. The van der Waals surface area contributed by atoms with Crippen molar-refractivity contribution in [2.45, 2.75) is 59.0 Å². The average Bonchev–Trinajstić information content (AvgIpc) is 2.63. The third-order valence-corrected chi connectivity index (χ3v) is 3.42. The maximum Gasteiger partial charge on any atom is 0.0111 e. The smallest absolute Gasteiger partial charge is 0.0111 e. The molecule has 0 aliphatic heterocycles. The van der Waals surface area contributed by atoms with E-state index in [1.165, 1.54) is 32.4 Å². The van der Waals surface area contributed by atoms with Crippen LogP contribution in [0.2, 0.25) is 0 Å². The molecular weight excluding hydrogens is 184 g/mol. The SMILES string of the molecule is CCNC1CCC(N(CC)CC(C)C)C1. The van der Waals surface area contributed by atoms with Gasteiger partial charge in [0, 0.05) is 18.6 Å². The van der Waals surface area contributed by atoms with Crippen LogP contribution in [-0.4, -0.2) is 36.6 Å². The highest BCUT2D eigenvalue weighted by atomic mass is 15.2. The van der Waals surface area contributed by atoms with Crippen LogP contribution < -0.4 is 5.32 Å². The van der Waals surface area contributed by atoms with Gasteiger partial charge in [0.2, 0.25) is 0 Å². The Morgan fingerprint density at radius 3 is 2.53 bits per heavy atom. The summed E-state index contributed by atoms with van der Waals surface area (Å²) in [5.74, 6) is 0.795. The summed E-state index contributed by atoms with van der Waals surface area (Å²) >= 11 is 0. The van der Waals surface area contributed by atoms with E-state index in [0.717, 1.165) is 24.5 Å². The molecule has 1 aliphatic rings. The molecule has 1 N–H and O–H groups in total. The molecule has 90 valence electrons. The second-order valence-electron chi connectivity index (χ2n) is 5.20. The van der Waals surface area contributed by atoms with E-state index in [1.807, 2.05) is 0 Å². The summed E-state index contributed by atoms with van der Waals surface area (Å²) in [5, 5.41) is 3.58. The summed E-state index contributed by atoms with van der Waals surface area (Å²) in [6.07, 6.45) is 4.11. The van der Waals surface area contributed by atoms with Crippen molar-refractivity contribution in [3.8, 4) is 0 Å². The van der Waals surface area contributed by atoms with E-state index < -0.39 is 0 Å². The van der Waals surface area contributed by atoms with Gasteiger partial charge >= 0.3 is 0 Å². The summed E-state index contributed by atoms with van der Waals surface area (Å²) in [6.45, 7) is 12.7. The molecule has 0 heterocycles. The topological polar surface area (TPSA) is 15.3 Å². The molecule has 0 amide bonds. The van der Waals surface area contributed by atoms with Gasteiger partial charge in [0.05, 0.1) is 0 Å². The molecule has 2 atom stereocenters. The van der Waals surface area contributed by atoms with Crippen LogP contribution >= 0.6 is 0 Å². The van der Waals surface area contributed by atoms with Crippen LogP contribution in [0.25, 0.3) is 0 Å². The second-order valence-corrected chi connectivity index (χ2v) is 5.20. The molecule has 1 fully saturated rings. The van der Waals surface area contributed by atoms with E-state index in [9.17, 15) is 0 Å². The number of rotatable bonds is 6. The third kappa shape index (κ3) is 4.12. The zero-order valence-electron chi connectivity index (χ0n) is 10.9. The minimum atomic E-state index is 0.779. The van der Waals surface area contributed by atoms with Crippen LogP contribution in [-0.2, 0) is 0 Å². The lowest BCUT2D eigenvalue weighted by molar-refractivity contribution is 0.184. The Morgan fingerprint density at radius 1 is 1.27 bits per heavy atom. The Labute approximate surface area is 95.4 Å². The number of hydrogen-bond acceptors (Lipinski definition) is 2. The first-order valence-corrected chi connectivity index (χ1v) is 6.64. The van der Waals surface area contributed by atoms with Crippen molar-refractivity contribution in [2.24, 2.45) is 5.92 Å². The van der Waals surface area contributed by atoms with Gasteiger partial charge < -0.3 is 10.2 Å². The molecule has 2 heteroatoms. The monoisotopic (exact) mass is 212 g/mol. The summed E-state index contributed by atoms with van der Waals surface area (Å²) in [6, 6.07) is 1.61. The van der Waals surface area contributed by atoms with Crippen LogP contribution in [0, 0.1) is 5.92 Å². The predicted molar refractivity (Wildman–Crippen MR) is 67.2 cm³/mol. The van der Waals surface area contributed by atoms with Gasteiger partial charge in [-0.15, -0.1) is 0 Å². The largest absolute Gasteiger partial charge is 0.314 e. The fourth-order valence-corrected chi connectivity index (χ4v) is 2.77. The first kappa shape index (κ1) is 13.0. The van der Waals surface area contributed by atoms with Crippen molar-refractivity contribution in [1.82, 2.24) is 10.2 Å². The summed E-state index contributed by atoms with van der Waals surface area (Å²) in [7, 11) is 0. The van der Waals surface area contributed by atoms with Gasteiger partial charge in [-0.2, -0.15) is 0 Å². The highest BCUT2D eigenvalue weighted by molar-refractivity contribution is 4.86. The van der Waals surface area contributed by atoms with Crippen LogP contribution in [0.3, 0.4) is 0 Å². The van der Waals surface area contributed by atoms with Gasteiger partial charge in [0.1, 0.15) is 0 Å². The molecule has 1 rings (SSSR count). The standard InChI is InChI=1S/C13H28N2/c1-5-14-12-7-8-13(9-12)15(6-2)10-11(3)4/h11-14H,5-10H2,1-4H3. The van der Waals surface area contributed by atoms with Crippen LogP contribution in [0.5, 0.6) is 0 Å². The molecule has 0 saturated heterocycles. The van der Waals surface area contributed by atoms with E-state index in [4.69, 9.17) is 0 Å². The maximum absolute atomic E-state index is 3.58. The molecule has 1 aliphatic carbocycles. The number of nitrogens with one attached hydrogen (secondary N) is 1.